The van der Waals surface area contributed by atoms with E-state index in [1.54, 1.807) is 10.7 Å². The third-order valence-corrected chi connectivity index (χ3v) is 7.00. The molecule has 6 nitrogen and oxygen atoms in total. The number of amides is 2. The second-order valence-corrected chi connectivity index (χ2v) is 10.6. The number of nitrogens with one attached hydrogen (secondary N) is 2. The average molecular weight is 541 g/mol. The minimum Gasteiger partial charge on any atom is -0.352 e. The van der Waals surface area contributed by atoms with Crippen molar-refractivity contribution in [3.05, 3.63) is 77.5 Å². The Morgan fingerprint density at radius 1 is 1.03 bits per heavy atom. The smallest absolute Gasteiger partial charge is 0.352 e. The Kier molecular flexibility index (Phi) is 9.09. The van der Waals surface area contributed by atoms with E-state index in [0.717, 1.165) is 37.3 Å². The third-order valence-electron chi connectivity index (χ3n) is 7.00. The van der Waals surface area contributed by atoms with Crippen molar-refractivity contribution >= 4 is 11.8 Å². The zero-order chi connectivity index (χ0) is 28.0. The van der Waals surface area contributed by atoms with Crippen LogP contribution < -0.4 is 10.6 Å². The number of carbonyl (C=O) groups excluding carboxylic acids is 2. The molecule has 1 heterocycles. The molecule has 0 radical (unpaired) electrons. The predicted molar refractivity (Wildman–Crippen MR) is 144 cm³/mol. The van der Waals surface area contributed by atoms with Crippen molar-refractivity contribution in [1.82, 2.24) is 20.4 Å². The zero-order valence-corrected chi connectivity index (χ0v) is 22.3. The Morgan fingerprint density at radius 3 is 2.36 bits per heavy atom. The zero-order valence-electron chi connectivity index (χ0n) is 22.3. The lowest BCUT2D eigenvalue weighted by Crippen LogP contribution is -2.40. The van der Waals surface area contributed by atoms with Gasteiger partial charge in [-0.2, -0.15) is 18.3 Å². The van der Waals surface area contributed by atoms with Gasteiger partial charge in [-0.15, -0.1) is 0 Å². The molecule has 1 saturated carbocycles. The molecule has 4 rings (SSSR count). The summed E-state index contributed by atoms with van der Waals surface area (Å²) >= 11 is 0. The molecule has 1 unspecified atom stereocenters. The van der Waals surface area contributed by atoms with Gasteiger partial charge in [-0.25, -0.2) is 0 Å². The summed E-state index contributed by atoms with van der Waals surface area (Å²) in [4.78, 5) is 26.0. The van der Waals surface area contributed by atoms with Gasteiger partial charge in [0.05, 0.1) is 17.3 Å². The largest absolute Gasteiger partial charge is 0.417 e. The van der Waals surface area contributed by atoms with E-state index in [1.165, 1.54) is 18.2 Å². The summed E-state index contributed by atoms with van der Waals surface area (Å²) in [5, 5.41) is 10.3. The maximum absolute atomic E-state index is 13.8. The van der Waals surface area contributed by atoms with Crippen LogP contribution in [0, 0.1) is 5.92 Å². The molecule has 3 aromatic rings. The fourth-order valence-corrected chi connectivity index (χ4v) is 5.20. The van der Waals surface area contributed by atoms with Crippen LogP contribution in [-0.4, -0.2) is 27.6 Å². The molecule has 1 aliphatic carbocycles. The van der Waals surface area contributed by atoms with Crippen molar-refractivity contribution in [2.75, 3.05) is 0 Å². The van der Waals surface area contributed by atoms with E-state index in [9.17, 15) is 22.8 Å². The van der Waals surface area contributed by atoms with Gasteiger partial charge in [0.1, 0.15) is 0 Å². The van der Waals surface area contributed by atoms with E-state index in [4.69, 9.17) is 0 Å². The topological polar surface area (TPSA) is 76.0 Å². The Balaban J connectivity index is 1.55. The average Bonchev–Trinajstić information content (AvgIpc) is 3.57. The van der Waals surface area contributed by atoms with Gasteiger partial charge >= 0.3 is 6.18 Å². The highest BCUT2D eigenvalue weighted by Crippen LogP contribution is 2.40. The maximum Gasteiger partial charge on any atom is 0.417 e. The molecule has 1 atom stereocenters. The van der Waals surface area contributed by atoms with Crippen molar-refractivity contribution in [2.24, 2.45) is 5.92 Å². The van der Waals surface area contributed by atoms with E-state index in [-0.39, 0.29) is 41.2 Å². The fraction of sp³-hybridized carbons (Fsp3) is 0.433. The number of nitrogens with zero attached hydrogens (tertiary/aromatic N) is 2. The van der Waals surface area contributed by atoms with Gasteiger partial charge in [0.25, 0.3) is 5.91 Å². The quantitative estimate of drug-likeness (QED) is 0.307. The first-order chi connectivity index (χ1) is 18.6. The molecule has 1 aromatic heterocycles. The molecular weight excluding hydrogens is 505 g/mol. The molecule has 2 N–H and O–H groups in total. The van der Waals surface area contributed by atoms with Gasteiger partial charge in [-0.1, -0.05) is 75.2 Å². The Morgan fingerprint density at radius 2 is 1.69 bits per heavy atom. The molecule has 0 spiro atoms. The number of hydrogen-bond donors (Lipinski definition) is 2. The van der Waals surface area contributed by atoms with Gasteiger partial charge in [0, 0.05) is 24.6 Å². The molecular formula is C30H35F3N4O2. The molecule has 9 heteroatoms. The minimum absolute atomic E-state index is 0.00229. The van der Waals surface area contributed by atoms with Crippen molar-refractivity contribution < 1.29 is 22.8 Å². The van der Waals surface area contributed by atoms with Gasteiger partial charge in [-0.3, -0.25) is 14.3 Å². The van der Waals surface area contributed by atoms with Crippen molar-refractivity contribution in [3.63, 3.8) is 0 Å². The summed E-state index contributed by atoms with van der Waals surface area (Å²) in [6, 6.07) is 15.9. The van der Waals surface area contributed by atoms with Crippen molar-refractivity contribution in [3.8, 4) is 11.3 Å². The first-order valence-corrected chi connectivity index (χ1v) is 13.5. The first kappa shape index (κ1) is 28.4. The van der Waals surface area contributed by atoms with E-state index < -0.39 is 23.7 Å². The van der Waals surface area contributed by atoms with E-state index in [1.807, 2.05) is 44.2 Å². The highest BCUT2D eigenvalue weighted by atomic mass is 19.4. The van der Waals surface area contributed by atoms with Gasteiger partial charge in [-0.05, 0) is 42.9 Å². The third kappa shape index (κ3) is 7.49. The van der Waals surface area contributed by atoms with Crippen LogP contribution in [0.5, 0.6) is 0 Å². The highest BCUT2D eigenvalue weighted by molar-refractivity contribution is 5.94. The van der Waals surface area contributed by atoms with Crippen molar-refractivity contribution in [2.45, 2.75) is 77.2 Å². The van der Waals surface area contributed by atoms with Crippen LogP contribution in [-0.2, 0) is 17.5 Å². The van der Waals surface area contributed by atoms with Gasteiger partial charge < -0.3 is 10.6 Å². The number of benzene rings is 2. The Labute approximate surface area is 227 Å². The summed E-state index contributed by atoms with van der Waals surface area (Å²) in [5.41, 5.74) is 0.541. The summed E-state index contributed by atoms with van der Waals surface area (Å²) < 4.78 is 43.1. The van der Waals surface area contributed by atoms with Crippen LogP contribution in [0.25, 0.3) is 11.3 Å². The van der Waals surface area contributed by atoms with E-state index in [0.29, 0.717) is 13.0 Å². The number of carbonyl (C=O) groups is 2. The molecule has 0 aliphatic heterocycles. The predicted octanol–water partition coefficient (Wildman–Crippen LogP) is 6.54. The molecule has 0 bridgehead atoms. The Bertz CT molecular complexity index is 1260. The normalized spacial score (nSPS) is 14.9. The summed E-state index contributed by atoms with van der Waals surface area (Å²) in [7, 11) is 0. The van der Waals surface area contributed by atoms with E-state index in [2.05, 4.69) is 15.7 Å². The van der Waals surface area contributed by atoms with Crippen LogP contribution in [0.15, 0.2) is 60.7 Å². The molecule has 2 amide bonds. The number of hydrogen-bond acceptors (Lipinski definition) is 3. The molecule has 2 aromatic carbocycles. The number of alkyl halides is 3. The highest BCUT2D eigenvalue weighted by Gasteiger charge is 2.35. The van der Waals surface area contributed by atoms with E-state index >= 15 is 0 Å². The summed E-state index contributed by atoms with van der Waals surface area (Å²) in [6.07, 6.45) is -0.383. The van der Waals surface area contributed by atoms with Gasteiger partial charge in [0.2, 0.25) is 5.91 Å². The minimum atomic E-state index is -4.54. The first-order valence-electron chi connectivity index (χ1n) is 13.5. The second kappa shape index (κ2) is 12.5. The number of halogens is 3. The van der Waals surface area contributed by atoms with Crippen LogP contribution in [0.1, 0.15) is 80.0 Å². The fourth-order valence-electron chi connectivity index (χ4n) is 5.20. The summed E-state index contributed by atoms with van der Waals surface area (Å²) in [5.74, 6) is -0.484. The van der Waals surface area contributed by atoms with Gasteiger partial charge in [0.15, 0.2) is 5.69 Å². The number of rotatable bonds is 10. The molecule has 208 valence electrons. The lowest BCUT2D eigenvalue weighted by atomic mass is 10.00. The second-order valence-electron chi connectivity index (χ2n) is 10.6. The molecule has 1 aliphatic rings. The van der Waals surface area contributed by atoms with Crippen LogP contribution in [0.2, 0.25) is 0 Å². The van der Waals surface area contributed by atoms with Crippen LogP contribution >= 0.6 is 0 Å². The van der Waals surface area contributed by atoms with Crippen LogP contribution in [0.3, 0.4) is 0 Å². The lowest BCUT2D eigenvalue weighted by molar-refractivity contribution is -0.137. The maximum atomic E-state index is 13.8. The Hall–Kier alpha value is -3.62. The lowest BCUT2D eigenvalue weighted by Gasteiger charge is -2.20. The number of aromatic nitrogens is 2. The molecule has 0 saturated heterocycles. The molecule has 39 heavy (non-hydrogen) atoms. The van der Waals surface area contributed by atoms with Crippen molar-refractivity contribution in [1.29, 1.82) is 0 Å². The molecule has 1 fully saturated rings. The van der Waals surface area contributed by atoms with Crippen LogP contribution in [0.4, 0.5) is 13.2 Å². The standard InChI is InChI=1S/C30H35F3N4O2/c1-20(2)16-22(17-28(38)34-19-21-10-4-3-5-11-21)35-29(39)26-18-27(37(36-26)23-12-6-7-13-23)24-14-8-9-15-25(24)30(31,32)33/h3-5,8-11,14-15,18,20,22-23H,6-7,12-13,16-17,19H2,1-2H3,(H,34,38)(H,35,39). The SMILES string of the molecule is CC(C)CC(CC(=O)NCc1ccccc1)NC(=O)c1cc(-c2ccccc2C(F)(F)F)n(C2CCCC2)n1. The monoisotopic (exact) mass is 540 g/mol. The summed E-state index contributed by atoms with van der Waals surface area (Å²) in [6.45, 7) is 4.39.